The topological polar surface area (TPSA) is 81.7 Å². The van der Waals surface area contributed by atoms with Crippen molar-refractivity contribution in [2.45, 2.75) is 0 Å². The van der Waals surface area contributed by atoms with Gasteiger partial charge in [0.2, 0.25) is 6.41 Å². The zero-order valence-electron chi connectivity index (χ0n) is 13.0. The van der Waals surface area contributed by atoms with Crippen LogP contribution in [0.1, 0.15) is 10.5 Å². The van der Waals surface area contributed by atoms with Crippen LogP contribution in [0.4, 0.5) is 5.82 Å². The lowest BCUT2D eigenvalue weighted by atomic mass is 10.3. The molecule has 2 rings (SSSR count). The highest BCUT2D eigenvalue weighted by molar-refractivity contribution is 5.92. The van der Waals surface area contributed by atoms with Gasteiger partial charge in [-0.05, 0) is 14.1 Å². The van der Waals surface area contributed by atoms with Crippen molar-refractivity contribution in [3.05, 3.63) is 18.1 Å². The van der Waals surface area contributed by atoms with E-state index in [9.17, 15) is 9.59 Å². The molecule has 8 nitrogen and oxygen atoms in total. The summed E-state index contributed by atoms with van der Waals surface area (Å²) in [7, 11) is 4.00. The van der Waals surface area contributed by atoms with Crippen LogP contribution < -0.4 is 5.32 Å². The monoisotopic (exact) mass is 306 g/mol. The molecule has 0 unspecified atom stereocenters. The Morgan fingerprint density at radius 3 is 2.55 bits per heavy atom. The maximum absolute atomic E-state index is 12.3. The van der Waals surface area contributed by atoms with Crippen LogP contribution in [-0.2, 0) is 4.79 Å². The second kappa shape index (κ2) is 7.69. The van der Waals surface area contributed by atoms with Crippen molar-refractivity contribution in [3.63, 3.8) is 0 Å². The standard InChI is InChI=1S/C14H22N6O2/c1-18(2)4-3-15-13-10-16-12(9-17-13)14(22)20-7-5-19(11-21)6-8-20/h9-11H,3-8H2,1-2H3,(H,15,17). The summed E-state index contributed by atoms with van der Waals surface area (Å²) in [5, 5.41) is 3.15. The SMILES string of the molecule is CN(C)CCNc1cnc(C(=O)N2CCN(C=O)CC2)cn1. The van der Waals surface area contributed by atoms with E-state index in [4.69, 9.17) is 0 Å². The summed E-state index contributed by atoms with van der Waals surface area (Å²) in [4.78, 5) is 36.8. The minimum atomic E-state index is -0.141. The lowest BCUT2D eigenvalue weighted by Crippen LogP contribution is -2.48. The summed E-state index contributed by atoms with van der Waals surface area (Å²) < 4.78 is 0. The van der Waals surface area contributed by atoms with Crippen molar-refractivity contribution in [3.8, 4) is 0 Å². The van der Waals surface area contributed by atoms with E-state index in [0.717, 1.165) is 19.5 Å². The van der Waals surface area contributed by atoms with Crippen molar-refractivity contribution in [2.24, 2.45) is 0 Å². The fourth-order valence-electron chi connectivity index (χ4n) is 2.13. The first-order valence-corrected chi connectivity index (χ1v) is 7.29. The number of aromatic nitrogens is 2. The number of carbonyl (C=O) groups is 2. The summed E-state index contributed by atoms with van der Waals surface area (Å²) in [6, 6.07) is 0. The molecule has 1 aromatic heterocycles. The number of hydrogen-bond donors (Lipinski definition) is 1. The van der Waals surface area contributed by atoms with Crippen LogP contribution in [0.5, 0.6) is 0 Å². The van der Waals surface area contributed by atoms with Crippen LogP contribution in [0.2, 0.25) is 0 Å². The zero-order valence-corrected chi connectivity index (χ0v) is 13.0. The number of likely N-dealkylation sites (N-methyl/N-ethyl adjacent to an activating group) is 1. The van der Waals surface area contributed by atoms with Gasteiger partial charge in [-0.1, -0.05) is 0 Å². The molecule has 0 aliphatic carbocycles. The molecule has 1 aliphatic rings. The van der Waals surface area contributed by atoms with Gasteiger partial charge in [0.15, 0.2) is 0 Å². The third-order valence-corrected chi connectivity index (χ3v) is 3.49. The maximum atomic E-state index is 12.3. The molecule has 1 aliphatic heterocycles. The number of amides is 2. The first kappa shape index (κ1) is 16.2. The van der Waals surface area contributed by atoms with Crippen molar-refractivity contribution in [1.82, 2.24) is 24.7 Å². The fraction of sp³-hybridized carbons (Fsp3) is 0.571. The average Bonchev–Trinajstić information content (AvgIpc) is 2.54. The van der Waals surface area contributed by atoms with Gasteiger partial charge >= 0.3 is 0 Å². The number of hydrogen-bond acceptors (Lipinski definition) is 6. The van der Waals surface area contributed by atoms with Crippen LogP contribution in [0.25, 0.3) is 0 Å². The maximum Gasteiger partial charge on any atom is 0.274 e. The average molecular weight is 306 g/mol. The van der Waals surface area contributed by atoms with Crippen molar-refractivity contribution < 1.29 is 9.59 Å². The zero-order chi connectivity index (χ0) is 15.9. The number of anilines is 1. The Hall–Kier alpha value is -2.22. The number of nitrogens with one attached hydrogen (secondary N) is 1. The highest BCUT2D eigenvalue weighted by atomic mass is 16.2. The lowest BCUT2D eigenvalue weighted by molar-refractivity contribution is -0.119. The molecule has 1 saturated heterocycles. The second-order valence-electron chi connectivity index (χ2n) is 5.45. The van der Waals surface area contributed by atoms with Gasteiger partial charge < -0.3 is 20.0 Å². The number of rotatable bonds is 6. The van der Waals surface area contributed by atoms with Gasteiger partial charge in [0.25, 0.3) is 5.91 Å². The van der Waals surface area contributed by atoms with E-state index >= 15 is 0 Å². The summed E-state index contributed by atoms with van der Waals surface area (Å²) in [5.41, 5.74) is 0.331. The molecule has 0 spiro atoms. The van der Waals surface area contributed by atoms with Crippen LogP contribution in [-0.4, -0.2) is 90.3 Å². The number of nitrogens with zero attached hydrogens (tertiary/aromatic N) is 5. The van der Waals surface area contributed by atoms with E-state index < -0.39 is 0 Å². The molecule has 8 heteroatoms. The Labute approximate surface area is 130 Å². The molecule has 1 aromatic rings. The summed E-state index contributed by atoms with van der Waals surface area (Å²) in [5.74, 6) is 0.516. The molecule has 2 amide bonds. The van der Waals surface area contributed by atoms with E-state index in [1.54, 1.807) is 16.0 Å². The summed E-state index contributed by atoms with van der Waals surface area (Å²) in [6.45, 7) is 3.84. The Morgan fingerprint density at radius 1 is 1.27 bits per heavy atom. The van der Waals surface area contributed by atoms with Crippen molar-refractivity contribution in [1.29, 1.82) is 0 Å². The molecule has 0 radical (unpaired) electrons. The molecular weight excluding hydrogens is 284 g/mol. The van der Waals surface area contributed by atoms with Gasteiger partial charge in [0, 0.05) is 39.3 Å². The number of carbonyl (C=O) groups excluding carboxylic acids is 2. The molecular formula is C14H22N6O2. The normalized spacial score (nSPS) is 15.0. The Balaban J connectivity index is 1.87. The van der Waals surface area contributed by atoms with Gasteiger partial charge in [0.05, 0.1) is 12.4 Å². The van der Waals surface area contributed by atoms with Gasteiger partial charge in [-0.3, -0.25) is 9.59 Å². The Kier molecular flexibility index (Phi) is 5.65. The van der Waals surface area contributed by atoms with Crippen LogP contribution in [0.3, 0.4) is 0 Å². The third-order valence-electron chi connectivity index (χ3n) is 3.49. The van der Waals surface area contributed by atoms with E-state index in [2.05, 4.69) is 20.2 Å². The highest BCUT2D eigenvalue weighted by Crippen LogP contribution is 2.07. The molecule has 2 heterocycles. The molecule has 1 N–H and O–H groups in total. The Bertz CT molecular complexity index is 497. The van der Waals surface area contributed by atoms with E-state index in [0.29, 0.717) is 37.7 Å². The van der Waals surface area contributed by atoms with Crippen LogP contribution >= 0.6 is 0 Å². The largest absolute Gasteiger partial charge is 0.368 e. The highest BCUT2D eigenvalue weighted by Gasteiger charge is 2.22. The minimum Gasteiger partial charge on any atom is -0.368 e. The van der Waals surface area contributed by atoms with E-state index in [1.807, 2.05) is 14.1 Å². The Morgan fingerprint density at radius 2 is 2.00 bits per heavy atom. The molecule has 22 heavy (non-hydrogen) atoms. The first-order chi connectivity index (χ1) is 10.6. The smallest absolute Gasteiger partial charge is 0.274 e. The predicted molar refractivity (Wildman–Crippen MR) is 82.6 cm³/mol. The van der Waals surface area contributed by atoms with Crippen LogP contribution in [0, 0.1) is 0 Å². The third kappa shape index (κ3) is 4.39. The van der Waals surface area contributed by atoms with Gasteiger partial charge in [0.1, 0.15) is 11.5 Å². The number of piperazine rings is 1. The second-order valence-corrected chi connectivity index (χ2v) is 5.45. The van der Waals surface area contributed by atoms with Crippen molar-refractivity contribution >= 4 is 18.1 Å². The summed E-state index contributed by atoms with van der Waals surface area (Å²) >= 11 is 0. The van der Waals surface area contributed by atoms with Crippen LogP contribution in [0.15, 0.2) is 12.4 Å². The molecule has 120 valence electrons. The van der Waals surface area contributed by atoms with Gasteiger partial charge in [-0.15, -0.1) is 0 Å². The molecule has 0 atom stereocenters. The van der Waals surface area contributed by atoms with Gasteiger partial charge in [-0.2, -0.15) is 0 Å². The van der Waals surface area contributed by atoms with E-state index in [-0.39, 0.29) is 5.91 Å². The molecule has 1 fully saturated rings. The first-order valence-electron chi connectivity index (χ1n) is 7.29. The fourth-order valence-corrected chi connectivity index (χ4v) is 2.13. The minimum absolute atomic E-state index is 0.141. The van der Waals surface area contributed by atoms with Crippen molar-refractivity contribution in [2.75, 3.05) is 58.7 Å². The quantitative estimate of drug-likeness (QED) is 0.704. The lowest BCUT2D eigenvalue weighted by Gasteiger charge is -2.32. The van der Waals surface area contributed by atoms with Gasteiger partial charge in [-0.25, -0.2) is 9.97 Å². The molecule has 0 aromatic carbocycles. The predicted octanol–water partition coefficient (Wildman–Crippen LogP) is -0.636. The molecule has 0 saturated carbocycles. The van der Waals surface area contributed by atoms with E-state index in [1.165, 1.54) is 6.20 Å². The molecule has 0 bridgehead atoms. The summed E-state index contributed by atoms with van der Waals surface area (Å²) in [6.07, 6.45) is 3.88.